The highest BCUT2D eigenvalue weighted by atomic mass is 35.5. The van der Waals surface area contributed by atoms with Crippen LogP contribution in [0.5, 0.6) is 5.75 Å². The second-order valence-electron chi connectivity index (χ2n) is 4.70. The summed E-state index contributed by atoms with van der Waals surface area (Å²) in [6.45, 7) is 0.414. The molecule has 0 bridgehead atoms. The number of nitrogens with one attached hydrogen (secondary N) is 1. The van der Waals surface area contributed by atoms with Crippen molar-refractivity contribution in [1.29, 1.82) is 0 Å². The number of phenols is 1. The van der Waals surface area contributed by atoms with Crippen molar-refractivity contribution in [2.45, 2.75) is 25.4 Å². The van der Waals surface area contributed by atoms with E-state index in [0.29, 0.717) is 30.0 Å². The third-order valence-electron chi connectivity index (χ3n) is 3.24. The van der Waals surface area contributed by atoms with Gasteiger partial charge in [-0.1, -0.05) is 23.2 Å². The zero-order valence-electron chi connectivity index (χ0n) is 10.2. The van der Waals surface area contributed by atoms with Crippen molar-refractivity contribution >= 4 is 33.0 Å². The lowest BCUT2D eigenvalue weighted by molar-refractivity contribution is 0.440. The van der Waals surface area contributed by atoms with Gasteiger partial charge in [-0.3, -0.25) is 0 Å². The van der Waals surface area contributed by atoms with Gasteiger partial charge in [0.15, 0.2) is 0 Å². The van der Waals surface area contributed by atoms with Gasteiger partial charge >= 0.3 is 0 Å². The average Bonchev–Trinajstić information content (AvgIpc) is 2.33. The number of rotatable bonds is 3. The molecule has 0 atom stereocenters. The van der Waals surface area contributed by atoms with E-state index in [-0.39, 0.29) is 28.3 Å². The van der Waals surface area contributed by atoms with E-state index < -0.39 is 9.84 Å². The molecular weight excluding hydrogens is 309 g/mol. The molecule has 106 valence electrons. The average molecular weight is 324 g/mol. The Morgan fingerprint density at radius 1 is 1.26 bits per heavy atom. The van der Waals surface area contributed by atoms with E-state index in [4.69, 9.17) is 23.2 Å². The smallest absolute Gasteiger partial charge is 0.150 e. The van der Waals surface area contributed by atoms with Crippen LogP contribution < -0.4 is 5.32 Å². The first-order chi connectivity index (χ1) is 8.87. The zero-order valence-corrected chi connectivity index (χ0v) is 12.5. The van der Waals surface area contributed by atoms with E-state index in [1.807, 2.05) is 0 Å². The van der Waals surface area contributed by atoms with Crippen LogP contribution in [0.25, 0.3) is 0 Å². The van der Waals surface area contributed by atoms with Gasteiger partial charge < -0.3 is 10.4 Å². The minimum Gasteiger partial charge on any atom is -0.506 e. The third-order valence-corrected chi connectivity index (χ3v) is 5.46. The van der Waals surface area contributed by atoms with E-state index >= 15 is 0 Å². The molecule has 1 aromatic carbocycles. The van der Waals surface area contributed by atoms with E-state index in [1.54, 1.807) is 6.07 Å². The molecule has 1 saturated heterocycles. The third kappa shape index (κ3) is 3.99. The van der Waals surface area contributed by atoms with Crippen LogP contribution in [0.15, 0.2) is 12.1 Å². The van der Waals surface area contributed by atoms with Crippen molar-refractivity contribution in [1.82, 2.24) is 5.32 Å². The van der Waals surface area contributed by atoms with E-state index in [2.05, 4.69) is 5.32 Å². The Morgan fingerprint density at radius 2 is 1.89 bits per heavy atom. The Hall–Kier alpha value is -0.490. The number of sulfone groups is 1. The Morgan fingerprint density at radius 3 is 2.53 bits per heavy atom. The molecule has 0 aromatic heterocycles. The van der Waals surface area contributed by atoms with Gasteiger partial charge in [0.05, 0.1) is 16.5 Å². The highest BCUT2D eigenvalue weighted by Gasteiger charge is 2.23. The van der Waals surface area contributed by atoms with Crippen LogP contribution in [0.4, 0.5) is 0 Å². The van der Waals surface area contributed by atoms with Gasteiger partial charge in [0.25, 0.3) is 0 Å². The van der Waals surface area contributed by atoms with Crippen LogP contribution in [0.1, 0.15) is 18.4 Å². The molecule has 0 aliphatic carbocycles. The van der Waals surface area contributed by atoms with Crippen LogP contribution >= 0.6 is 23.2 Å². The summed E-state index contributed by atoms with van der Waals surface area (Å²) in [5.41, 5.74) is 0.617. The predicted molar refractivity (Wildman–Crippen MR) is 76.6 cm³/mol. The number of hydrogen-bond acceptors (Lipinski definition) is 4. The fourth-order valence-electron chi connectivity index (χ4n) is 2.10. The standard InChI is InChI=1S/C12H15Cl2NO3S/c13-9-5-8(12(16)11(14)6-9)7-15-10-1-3-19(17,18)4-2-10/h5-6,10,15-16H,1-4,7H2. The summed E-state index contributed by atoms with van der Waals surface area (Å²) in [5.74, 6) is 0.446. The van der Waals surface area contributed by atoms with Crippen LogP contribution in [0.2, 0.25) is 10.0 Å². The van der Waals surface area contributed by atoms with Crippen molar-refractivity contribution in [2.24, 2.45) is 0 Å². The van der Waals surface area contributed by atoms with Crippen LogP contribution in [0, 0.1) is 0 Å². The number of hydrogen-bond donors (Lipinski definition) is 2. The normalized spacial score (nSPS) is 19.5. The highest BCUT2D eigenvalue weighted by Crippen LogP contribution is 2.31. The molecule has 1 aliphatic rings. The first kappa shape index (κ1) is 14.9. The molecule has 0 spiro atoms. The van der Waals surface area contributed by atoms with E-state index in [1.165, 1.54) is 6.07 Å². The topological polar surface area (TPSA) is 66.4 Å². The molecular formula is C12H15Cl2NO3S. The van der Waals surface area contributed by atoms with Crippen LogP contribution in [-0.4, -0.2) is 31.1 Å². The van der Waals surface area contributed by atoms with Crippen LogP contribution in [0.3, 0.4) is 0 Å². The SMILES string of the molecule is O=S1(=O)CCC(NCc2cc(Cl)cc(Cl)c2O)CC1. The summed E-state index contributed by atoms with van der Waals surface area (Å²) in [7, 11) is -2.85. The number of aromatic hydroxyl groups is 1. The Bertz CT molecular complexity index is 561. The minimum absolute atomic E-state index is 0.0157. The lowest BCUT2D eigenvalue weighted by Gasteiger charge is -2.23. The highest BCUT2D eigenvalue weighted by molar-refractivity contribution is 7.91. The summed E-state index contributed by atoms with van der Waals surface area (Å²) in [5, 5.41) is 13.7. The Balaban J connectivity index is 1.97. The molecule has 2 rings (SSSR count). The van der Waals surface area contributed by atoms with Crippen molar-refractivity contribution in [3.05, 3.63) is 27.7 Å². The number of phenolic OH excluding ortho intramolecular Hbond substituents is 1. The minimum atomic E-state index is -2.85. The summed E-state index contributed by atoms with van der Waals surface area (Å²) in [4.78, 5) is 0. The first-order valence-corrected chi connectivity index (χ1v) is 8.56. The Labute approximate surface area is 122 Å². The second kappa shape index (κ2) is 5.87. The zero-order chi connectivity index (χ0) is 14.0. The molecule has 2 N–H and O–H groups in total. The quantitative estimate of drug-likeness (QED) is 0.896. The first-order valence-electron chi connectivity index (χ1n) is 5.98. The molecule has 4 nitrogen and oxygen atoms in total. The lowest BCUT2D eigenvalue weighted by Crippen LogP contribution is -2.37. The van der Waals surface area contributed by atoms with Crippen molar-refractivity contribution in [3.63, 3.8) is 0 Å². The molecule has 7 heteroatoms. The van der Waals surface area contributed by atoms with Gasteiger partial charge in [-0.15, -0.1) is 0 Å². The molecule has 0 unspecified atom stereocenters. The predicted octanol–water partition coefficient (Wildman–Crippen LogP) is 2.37. The summed E-state index contributed by atoms with van der Waals surface area (Å²) in [6.07, 6.45) is 1.19. The maximum Gasteiger partial charge on any atom is 0.150 e. The van der Waals surface area contributed by atoms with Crippen molar-refractivity contribution < 1.29 is 13.5 Å². The molecule has 1 aromatic rings. The van der Waals surface area contributed by atoms with Gasteiger partial charge in [0, 0.05) is 23.2 Å². The molecule has 1 aliphatic heterocycles. The fourth-order valence-corrected chi connectivity index (χ4v) is 4.13. The Kier molecular flexibility index (Phi) is 4.61. The lowest BCUT2D eigenvalue weighted by atomic mass is 10.1. The summed E-state index contributed by atoms with van der Waals surface area (Å²) >= 11 is 11.7. The van der Waals surface area contributed by atoms with Crippen LogP contribution in [-0.2, 0) is 16.4 Å². The fraction of sp³-hybridized carbons (Fsp3) is 0.500. The second-order valence-corrected chi connectivity index (χ2v) is 7.85. The van der Waals surface area contributed by atoms with E-state index in [0.717, 1.165) is 0 Å². The van der Waals surface area contributed by atoms with Gasteiger partial charge in [-0.05, 0) is 25.0 Å². The van der Waals surface area contributed by atoms with Crippen molar-refractivity contribution in [3.8, 4) is 5.75 Å². The monoisotopic (exact) mass is 323 g/mol. The largest absolute Gasteiger partial charge is 0.506 e. The molecule has 0 saturated carbocycles. The number of halogens is 2. The summed E-state index contributed by atoms with van der Waals surface area (Å²) < 4.78 is 22.6. The maximum absolute atomic E-state index is 11.3. The van der Waals surface area contributed by atoms with E-state index in [9.17, 15) is 13.5 Å². The van der Waals surface area contributed by atoms with Gasteiger partial charge in [-0.2, -0.15) is 0 Å². The molecule has 0 radical (unpaired) electrons. The van der Waals surface area contributed by atoms with Gasteiger partial charge in [0.1, 0.15) is 15.6 Å². The summed E-state index contributed by atoms with van der Waals surface area (Å²) in [6, 6.07) is 3.27. The molecule has 19 heavy (non-hydrogen) atoms. The molecule has 1 heterocycles. The molecule has 1 fully saturated rings. The molecule has 0 amide bonds. The van der Waals surface area contributed by atoms with Gasteiger partial charge in [0.2, 0.25) is 0 Å². The van der Waals surface area contributed by atoms with Gasteiger partial charge in [-0.25, -0.2) is 8.42 Å². The maximum atomic E-state index is 11.3. The number of benzene rings is 1. The van der Waals surface area contributed by atoms with Crippen molar-refractivity contribution in [2.75, 3.05) is 11.5 Å².